The summed E-state index contributed by atoms with van der Waals surface area (Å²) in [5.74, 6) is 0.887. The molecule has 0 aliphatic carbocycles. The molecule has 0 saturated heterocycles. The third-order valence-corrected chi connectivity index (χ3v) is 3.41. The van der Waals surface area contributed by atoms with Crippen molar-refractivity contribution in [3.05, 3.63) is 47.7 Å². The number of aromatic nitrogens is 1. The predicted molar refractivity (Wildman–Crippen MR) is 78.2 cm³/mol. The van der Waals surface area contributed by atoms with Crippen LogP contribution in [0.5, 0.6) is 5.75 Å². The minimum Gasteiger partial charge on any atom is -0.493 e. The van der Waals surface area contributed by atoms with E-state index in [-0.39, 0.29) is 0 Å². The van der Waals surface area contributed by atoms with Gasteiger partial charge in [-0.05, 0) is 37.6 Å². The Hall–Kier alpha value is -1.35. The van der Waals surface area contributed by atoms with E-state index in [1.54, 1.807) is 0 Å². The van der Waals surface area contributed by atoms with Crippen molar-refractivity contribution < 1.29 is 4.74 Å². The standard InChI is InChI=1S/C15H16BrNO/c1-3-18-15-7-5-4-6-13(15)14-9-8-12(10-16)11(2)17-14/h4-9H,3,10H2,1-2H3. The molecule has 0 aliphatic rings. The first kappa shape index (κ1) is 13.1. The summed E-state index contributed by atoms with van der Waals surface area (Å²) in [5.41, 5.74) is 4.27. The Morgan fingerprint density at radius 3 is 2.61 bits per heavy atom. The highest BCUT2D eigenvalue weighted by Crippen LogP contribution is 2.29. The van der Waals surface area contributed by atoms with Crippen molar-refractivity contribution in [2.24, 2.45) is 0 Å². The maximum atomic E-state index is 5.64. The summed E-state index contributed by atoms with van der Waals surface area (Å²) in [6, 6.07) is 12.2. The largest absolute Gasteiger partial charge is 0.493 e. The summed E-state index contributed by atoms with van der Waals surface area (Å²) in [4.78, 5) is 4.65. The second-order valence-corrected chi connectivity index (χ2v) is 4.56. The molecule has 0 aliphatic heterocycles. The number of ether oxygens (including phenoxy) is 1. The van der Waals surface area contributed by atoms with Crippen molar-refractivity contribution in [2.45, 2.75) is 19.2 Å². The van der Waals surface area contributed by atoms with Gasteiger partial charge in [0.1, 0.15) is 5.75 Å². The lowest BCUT2D eigenvalue weighted by Gasteiger charge is -2.11. The molecular formula is C15H16BrNO. The summed E-state index contributed by atoms with van der Waals surface area (Å²) < 4.78 is 5.64. The van der Waals surface area contributed by atoms with Crippen LogP contribution in [0, 0.1) is 6.92 Å². The van der Waals surface area contributed by atoms with Crippen LogP contribution in [0.4, 0.5) is 0 Å². The Morgan fingerprint density at radius 2 is 1.94 bits per heavy atom. The monoisotopic (exact) mass is 305 g/mol. The lowest BCUT2D eigenvalue weighted by Crippen LogP contribution is -1.97. The van der Waals surface area contributed by atoms with Gasteiger partial charge in [0.15, 0.2) is 0 Å². The highest BCUT2D eigenvalue weighted by atomic mass is 79.9. The molecule has 0 bridgehead atoms. The molecule has 0 fully saturated rings. The van der Waals surface area contributed by atoms with Crippen LogP contribution in [0.3, 0.4) is 0 Å². The molecule has 2 rings (SSSR count). The predicted octanol–water partition coefficient (Wildman–Crippen LogP) is 4.35. The molecule has 2 aromatic rings. The van der Waals surface area contributed by atoms with Crippen LogP contribution in [0.2, 0.25) is 0 Å². The van der Waals surface area contributed by atoms with Gasteiger partial charge in [-0.3, -0.25) is 4.98 Å². The van der Waals surface area contributed by atoms with Gasteiger partial charge in [0.05, 0.1) is 12.3 Å². The van der Waals surface area contributed by atoms with E-state index in [0.29, 0.717) is 6.61 Å². The number of nitrogens with zero attached hydrogens (tertiary/aromatic N) is 1. The van der Waals surface area contributed by atoms with Crippen molar-refractivity contribution in [3.63, 3.8) is 0 Å². The Morgan fingerprint density at radius 1 is 1.17 bits per heavy atom. The minimum absolute atomic E-state index is 0.662. The molecule has 0 radical (unpaired) electrons. The molecule has 1 heterocycles. The van der Waals surface area contributed by atoms with E-state index >= 15 is 0 Å². The van der Waals surface area contributed by atoms with E-state index in [0.717, 1.165) is 28.0 Å². The van der Waals surface area contributed by atoms with E-state index in [1.165, 1.54) is 5.56 Å². The van der Waals surface area contributed by atoms with E-state index in [1.807, 2.05) is 44.2 Å². The maximum Gasteiger partial charge on any atom is 0.128 e. The molecule has 18 heavy (non-hydrogen) atoms. The third-order valence-electron chi connectivity index (χ3n) is 2.80. The molecule has 1 aromatic heterocycles. The topological polar surface area (TPSA) is 22.1 Å². The highest BCUT2D eigenvalue weighted by Gasteiger charge is 2.08. The Labute approximate surface area is 116 Å². The summed E-state index contributed by atoms with van der Waals surface area (Å²) in [6.07, 6.45) is 0. The van der Waals surface area contributed by atoms with Crippen molar-refractivity contribution in [2.75, 3.05) is 6.61 Å². The van der Waals surface area contributed by atoms with Crippen molar-refractivity contribution in [1.29, 1.82) is 0 Å². The quantitative estimate of drug-likeness (QED) is 0.783. The smallest absolute Gasteiger partial charge is 0.128 e. The normalized spacial score (nSPS) is 10.4. The van der Waals surface area contributed by atoms with E-state index in [9.17, 15) is 0 Å². The van der Waals surface area contributed by atoms with Crippen LogP contribution >= 0.6 is 15.9 Å². The van der Waals surface area contributed by atoms with E-state index in [2.05, 4.69) is 27.0 Å². The van der Waals surface area contributed by atoms with Crippen molar-refractivity contribution in [3.8, 4) is 17.0 Å². The fraction of sp³-hybridized carbons (Fsp3) is 0.267. The molecule has 0 spiro atoms. The van der Waals surface area contributed by atoms with Gasteiger partial charge in [0.25, 0.3) is 0 Å². The summed E-state index contributed by atoms with van der Waals surface area (Å²) in [7, 11) is 0. The molecule has 2 nitrogen and oxygen atoms in total. The lowest BCUT2D eigenvalue weighted by molar-refractivity contribution is 0.341. The number of hydrogen-bond donors (Lipinski definition) is 0. The summed E-state index contributed by atoms with van der Waals surface area (Å²) in [5, 5.41) is 0.833. The van der Waals surface area contributed by atoms with Crippen LogP contribution in [0.15, 0.2) is 36.4 Å². The maximum absolute atomic E-state index is 5.64. The van der Waals surface area contributed by atoms with Crippen LogP contribution < -0.4 is 4.74 Å². The van der Waals surface area contributed by atoms with Gasteiger partial charge < -0.3 is 4.74 Å². The molecule has 0 atom stereocenters. The lowest BCUT2D eigenvalue weighted by atomic mass is 10.1. The number of rotatable bonds is 4. The molecular weight excluding hydrogens is 290 g/mol. The van der Waals surface area contributed by atoms with Gasteiger partial charge in [-0.2, -0.15) is 0 Å². The Kier molecular flexibility index (Phi) is 4.37. The first-order chi connectivity index (χ1) is 8.76. The average molecular weight is 306 g/mol. The average Bonchev–Trinajstić information content (AvgIpc) is 2.40. The van der Waals surface area contributed by atoms with Crippen LogP contribution in [0.1, 0.15) is 18.2 Å². The SMILES string of the molecule is CCOc1ccccc1-c1ccc(CBr)c(C)n1. The number of aryl methyl sites for hydroxylation is 1. The molecule has 94 valence electrons. The number of pyridine rings is 1. The first-order valence-electron chi connectivity index (χ1n) is 6.01. The van der Waals surface area contributed by atoms with E-state index in [4.69, 9.17) is 4.74 Å². The molecule has 0 unspecified atom stereocenters. The van der Waals surface area contributed by atoms with Crippen LogP contribution in [0.25, 0.3) is 11.3 Å². The van der Waals surface area contributed by atoms with Crippen molar-refractivity contribution >= 4 is 15.9 Å². The number of hydrogen-bond acceptors (Lipinski definition) is 2. The Bertz CT molecular complexity index is 540. The summed E-state index contributed by atoms with van der Waals surface area (Å²) >= 11 is 3.46. The third kappa shape index (κ3) is 2.72. The molecule has 3 heteroatoms. The molecule has 0 N–H and O–H groups in total. The van der Waals surface area contributed by atoms with Crippen LogP contribution in [-0.4, -0.2) is 11.6 Å². The summed E-state index contributed by atoms with van der Waals surface area (Å²) in [6.45, 7) is 4.68. The number of benzene rings is 1. The molecule has 0 saturated carbocycles. The zero-order valence-corrected chi connectivity index (χ0v) is 12.2. The number of para-hydroxylation sites is 1. The van der Waals surface area contributed by atoms with Gasteiger partial charge in [0, 0.05) is 16.6 Å². The zero-order chi connectivity index (χ0) is 13.0. The molecule has 0 amide bonds. The van der Waals surface area contributed by atoms with Gasteiger partial charge in [-0.15, -0.1) is 0 Å². The fourth-order valence-electron chi connectivity index (χ4n) is 1.84. The van der Waals surface area contributed by atoms with Gasteiger partial charge >= 0.3 is 0 Å². The highest BCUT2D eigenvalue weighted by molar-refractivity contribution is 9.08. The van der Waals surface area contributed by atoms with Crippen LogP contribution in [-0.2, 0) is 5.33 Å². The minimum atomic E-state index is 0.662. The van der Waals surface area contributed by atoms with E-state index < -0.39 is 0 Å². The van der Waals surface area contributed by atoms with Gasteiger partial charge in [-0.1, -0.05) is 34.1 Å². The Balaban J connectivity index is 2.45. The van der Waals surface area contributed by atoms with Gasteiger partial charge in [0.2, 0.25) is 0 Å². The zero-order valence-electron chi connectivity index (χ0n) is 10.6. The number of halogens is 1. The van der Waals surface area contributed by atoms with Crippen molar-refractivity contribution in [1.82, 2.24) is 4.98 Å². The van der Waals surface area contributed by atoms with Gasteiger partial charge in [-0.25, -0.2) is 0 Å². The molecule has 1 aromatic carbocycles. The fourth-order valence-corrected chi connectivity index (χ4v) is 2.43. The second kappa shape index (κ2) is 6.01. The second-order valence-electron chi connectivity index (χ2n) is 4.00. The number of alkyl halides is 1. The first-order valence-corrected chi connectivity index (χ1v) is 7.13.